The molecule has 2 heterocycles. The summed E-state index contributed by atoms with van der Waals surface area (Å²) < 4.78 is 67.9. The molecular weight excluding hydrogens is 511 g/mol. The molecule has 33 heavy (non-hydrogen) atoms. The number of carbonyl (C=O) groups is 1. The van der Waals surface area contributed by atoms with Crippen molar-refractivity contribution >= 4 is 63.6 Å². The van der Waals surface area contributed by atoms with Crippen LogP contribution in [0.1, 0.15) is 16.1 Å². The smallest absolute Gasteiger partial charge is 0.355 e. The molecule has 0 amide bonds. The van der Waals surface area contributed by atoms with Crippen molar-refractivity contribution in [2.24, 2.45) is 0 Å². The average molecular weight is 527 g/mol. The Labute approximate surface area is 196 Å². The SMILES string of the molecule is Cc1c(NS(=O)(=O)c2ccc(-c3nc(C(=O)O)cs3)cc2S(C)(=O)=O)sc2ccc(F)cc12. The number of nitrogens with zero attached hydrogens (tertiary/aromatic N) is 1. The van der Waals surface area contributed by atoms with Crippen LogP contribution in [0.5, 0.6) is 0 Å². The van der Waals surface area contributed by atoms with Crippen molar-refractivity contribution in [1.29, 1.82) is 0 Å². The quantitative estimate of drug-likeness (QED) is 0.381. The van der Waals surface area contributed by atoms with Gasteiger partial charge >= 0.3 is 5.97 Å². The molecular formula is C20H15FN2O6S4. The molecule has 0 fully saturated rings. The lowest BCUT2D eigenvalue weighted by atomic mass is 10.2. The van der Waals surface area contributed by atoms with Gasteiger partial charge in [0, 0.05) is 27.3 Å². The van der Waals surface area contributed by atoms with Crippen LogP contribution in [0.2, 0.25) is 0 Å². The normalized spacial score (nSPS) is 12.2. The number of hydrogen-bond acceptors (Lipinski definition) is 8. The highest BCUT2D eigenvalue weighted by Gasteiger charge is 2.27. The van der Waals surface area contributed by atoms with E-state index in [0.717, 1.165) is 41.1 Å². The number of anilines is 1. The summed E-state index contributed by atoms with van der Waals surface area (Å²) in [4.78, 5) is 14.1. The number of carboxylic acid groups (broad SMARTS) is 1. The summed E-state index contributed by atoms with van der Waals surface area (Å²) in [6, 6.07) is 7.76. The molecule has 4 aromatic rings. The maximum absolute atomic E-state index is 13.6. The number of aryl methyl sites for hydroxylation is 1. The Bertz CT molecular complexity index is 1640. The Hall–Kier alpha value is -2.87. The third-order valence-electron chi connectivity index (χ3n) is 4.73. The number of sulfone groups is 1. The number of hydrogen-bond donors (Lipinski definition) is 2. The number of benzene rings is 2. The number of aromatic carboxylic acids is 1. The van der Waals surface area contributed by atoms with Gasteiger partial charge in [0.2, 0.25) is 0 Å². The standard InChI is InChI=1S/C20H15FN2O6S4/c1-10-13-8-12(21)4-5-15(13)31-18(10)23-33(28,29)16-6-3-11(7-17(16)32(2,26)27)19-22-14(9-30-19)20(24)25/h3-9,23H,1-2H3,(H,24,25). The summed E-state index contributed by atoms with van der Waals surface area (Å²) in [6.07, 6.45) is 0.878. The summed E-state index contributed by atoms with van der Waals surface area (Å²) in [5.41, 5.74) is 0.575. The van der Waals surface area contributed by atoms with Crippen LogP contribution in [0.3, 0.4) is 0 Å². The molecule has 0 aliphatic rings. The van der Waals surface area contributed by atoms with Crippen molar-refractivity contribution in [3.05, 3.63) is 58.9 Å². The van der Waals surface area contributed by atoms with Crippen LogP contribution < -0.4 is 4.72 Å². The lowest BCUT2D eigenvalue weighted by Crippen LogP contribution is -2.16. The first-order valence-electron chi connectivity index (χ1n) is 9.11. The number of nitrogens with one attached hydrogen (secondary N) is 1. The van der Waals surface area contributed by atoms with E-state index in [1.54, 1.807) is 6.92 Å². The minimum atomic E-state index is -4.34. The van der Waals surface area contributed by atoms with E-state index in [1.165, 1.54) is 29.6 Å². The minimum Gasteiger partial charge on any atom is -0.476 e. The highest BCUT2D eigenvalue weighted by atomic mass is 32.2. The van der Waals surface area contributed by atoms with Gasteiger partial charge in [-0.25, -0.2) is 31.0 Å². The predicted octanol–water partition coefficient (Wildman–Crippen LogP) is 4.37. The summed E-state index contributed by atoms with van der Waals surface area (Å²) in [6.45, 7) is 1.64. The molecule has 0 atom stereocenters. The summed E-state index contributed by atoms with van der Waals surface area (Å²) in [5.74, 6) is -1.69. The Morgan fingerprint density at radius 1 is 1.09 bits per heavy atom. The van der Waals surface area contributed by atoms with Gasteiger partial charge in [0.15, 0.2) is 15.5 Å². The fourth-order valence-electron chi connectivity index (χ4n) is 3.12. The second kappa shape index (κ2) is 8.17. The largest absolute Gasteiger partial charge is 0.476 e. The summed E-state index contributed by atoms with van der Waals surface area (Å²) in [5, 5.41) is 11.4. The van der Waals surface area contributed by atoms with Gasteiger partial charge in [-0.2, -0.15) is 0 Å². The molecule has 172 valence electrons. The van der Waals surface area contributed by atoms with E-state index in [4.69, 9.17) is 5.11 Å². The van der Waals surface area contributed by atoms with Crippen molar-refractivity contribution in [2.45, 2.75) is 16.7 Å². The number of thiophene rings is 1. The van der Waals surface area contributed by atoms with Gasteiger partial charge in [0.05, 0.1) is 4.90 Å². The van der Waals surface area contributed by atoms with Gasteiger partial charge in [-0.05, 0) is 42.8 Å². The zero-order valence-corrected chi connectivity index (χ0v) is 20.3. The molecule has 0 unspecified atom stereocenters. The van der Waals surface area contributed by atoms with E-state index in [9.17, 15) is 26.0 Å². The van der Waals surface area contributed by atoms with Crippen LogP contribution in [0.25, 0.3) is 20.7 Å². The molecule has 2 aromatic carbocycles. The van der Waals surface area contributed by atoms with Crippen molar-refractivity contribution in [2.75, 3.05) is 11.0 Å². The van der Waals surface area contributed by atoms with Gasteiger partial charge in [-0.3, -0.25) is 4.72 Å². The molecule has 0 aliphatic heterocycles. The van der Waals surface area contributed by atoms with Crippen molar-refractivity contribution < 1.29 is 31.1 Å². The highest BCUT2D eigenvalue weighted by molar-refractivity contribution is 7.95. The van der Waals surface area contributed by atoms with Gasteiger partial charge < -0.3 is 5.11 Å². The molecule has 13 heteroatoms. The van der Waals surface area contributed by atoms with E-state index < -0.39 is 41.4 Å². The van der Waals surface area contributed by atoms with Crippen LogP contribution in [-0.2, 0) is 19.9 Å². The number of halogens is 1. The molecule has 2 aromatic heterocycles. The van der Waals surface area contributed by atoms with Crippen LogP contribution >= 0.6 is 22.7 Å². The molecule has 0 radical (unpaired) electrons. The zero-order valence-electron chi connectivity index (χ0n) is 17.0. The third kappa shape index (κ3) is 4.49. The maximum Gasteiger partial charge on any atom is 0.355 e. The number of fused-ring (bicyclic) bond motifs is 1. The van der Waals surface area contributed by atoms with Crippen LogP contribution in [0.4, 0.5) is 9.39 Å². The van der Waals surface area contributed by atoms with Crippen LogP contribution in [0, 0.1) is 12.7 Å². The molecule has 2 N–H and O–H groups in total. The van der Waals surface area contributed by atoms with Crippen LogP contribution in [-0.4, -0.2) is 39.2 Å². The number of aromatic nitrogens is 1. The summed E-state index contributed by atoms with van der Waals surface area (Å²) in [7, 11) is -8.33. The Morgan fingerprint density at radius 2 is 1.82 bits per heavy atom. The number of sulfonamides is 1. The molecule has 0 saturated carbocycles. The van der Waals surface area contributed by atoms with E-state index in [-0.39, 0.29) is 21.3 Å². The zero-order chi connectivity index (χ0) is 24.1. The van der Waals surface area contributed by atoms with Gasteiger partial charge in [-0.15, -0.1) is 22.7 Å². The van der Waals surface area contributed by atoms with Crippen molar-refractivity contribution in [3.8, 4) is 10.6 Å². The second-order valence-electron chi connectivity index (χ2n) is 7.08. The minimum absolute atomic E-state index is 0.203. The van der Waals surface area contributed by atoms with E-state index in [1.807, 2.05) is 0 Å². The van der Waals surface area contributed by atoms with E-state index in [2.05, 4.69) is 9.71 Å². The first-order valence-corrected chi connectivity index (χ1v) is 14.2. The molecule has 0 aliphatic carbocycles. The second-order valence-corrected chi connectivity index (χ2v) is 12.6. The average Bonchev–Trinajstić information content (AvgIpc) is 3.33. The molecule has 0 spiro atoms. The predicted molar refractivity (Wildman–Crippen MR) is 125 cm³/mol. The number of carboxylic acids is 1. The first-order chi connectivity index (χ1) is 15.4. The first kappa shape index (κ1) is 23.3. The highest BCUT2D eigenvalue weighted by Crippen LogP contribution is 2.38. The summed E-state index contributed by atoms with van der Waals surface area (Å²) >= 11 is 2.09. The monoisotopic (exact) mass is 526 g/mol. The van der Waals surface area contributed by atoms with Crippen molar-refractivity contribution in [3.63, 3.8) is 0 Å². The van der Waals surface area contributed by atoms with Gasteiger partial charge in [-0.1, -0.05) is 6.07 Å². The Kier molecular flexibility index (Phi) is 5.76. The molecule has 4 rings (SSSR count). The lowest BCUT2D eigenvalue weighted by molar-refractivity contribution is 0.0691. The van der Waals surface area contributed by atoms with Gasteiger partial charge in [0.1, 0.15) is 20.7 Å². The van der Waals surface area contributed by atoms with Crippen molar-refractivity contribution in [1.82, 2.24) is 4.98 Å². The number of thiazole rings is 1. The molecule has 0 bridgehead atoms. The fourth-order valence-corrected chi connectivity index (χ4v) is 7.99. The Balaban J connectivity index is 1.80. The molecule has 8 nitrogen and oxygen atoms in total. The topological polar surface area (TPSA) is 130 Å². The lowest BCUT2D eigenvalue weighted by Gasteiger charge is -2.12. The van der Waals surface area contributed by atoms with E-state index >= 15 is 0 Å². The third-order valence-corrected chi connectivity index (χ3v) is 9.61. The van der Waals surface area contributed by atoms with Crippen LogP contribution in [0.15, 0.2) is 51.6 Å². The van der Waals surface area contributed by atoms with Gasteiger partial charge in [0.25, 0.3) is 10.0 Å². The molecule has 0 saturated heterocycles. The fraction of sp³-hybridized carbons (Fsp3) is 0.100. The number of rotatable bonds is 6. The maximum atomic E-state index is 13.6. The Morgan fingerprint density at radius 3 is 2.45 bits per heavy atom. The van der Waals surface area contributed by atoms with E-state index in [0.29, 0.717) is 15.6 Å².